The van der Waals surface area contributed by atoms with E-state index in [2.05, 4.69) is 10.6 Å². The van der Waals surface area contributed by atoms with Crippen LogP contribution in [0, 0.1) is 5.82 Å². The first-order valence-electron chi connectivity index (χ1n) is 8.76. The minimum Gasteiger partial charge on any atom is -0.376 e. The van der Waals surface area contributed by atoms with E-state index in [1.165, 1.54) is 12.1 Å². The Morgan fingerprint density at radius 3 is 2.46 bits per heavy atom. The molecule has 0 spiro atoms. The van der Waals surface area contributed by atoms with E-state index in [9.17, 15) is 14.0 Å². The van der Waals surface area contributed by atoms with Gasteiger partial charge in [-0.15, -0.1) is 0 Å². The number of nitrogens with zero attached hydrogens (tertiary/aromatic N) is 1. The lowest BCUT2D eigenvalue weighted by Crippen LogP contribution is -2.29. The Morgan fingerprint density at radius 1 is 1.04 bits per heavy atom. The lowest BCUT2D eigenvalue weighted by Gasteiger charge is -2.15. The van der Waals surface area contributed by atoms with Gasteiger partial charge in [-0.3, -0.25) is 9.59 Å². The molecule has 3 rings (SSSR count). The molecule has 0 radical (unpaired) electrons. The molecule has 1 fully saturated rings. The monoisotopic (exact) mass is 355 g/mol. The van der Waals surface area contributed by atoms with Crippen LogP contribution in [0.4, 0.5) is 10.1 Å². The second-order valence-corrected chi connectivity index (χ2v) is 6.34. The fraction of sp³-hybridized carbons (Fsp3) is 0.300. The fourth-order valence-electron chi connectivity index (χ4n) is 2.91. The lowest BCUT2D eigenvalue weighted by atomic mass is 10.1. The second-order valence-electron chi connectivity index (χ2n) is 6.34. The first-order valence-corrected chi connectivity index (χ1v) is 8.76. The summed E-state index contributed by atoms with van der Waals surface area (Å²) in [5, 5.41) is 5.67. The van der Waals surface area contributed by atoms with Crippen LogP contribution in [-0.4, -0.2) is 36.3 Å². The van der Waals surface area contributed by atoms with Crippen molar-refractivity contribution >= 4 is 17.5 Å². The number of rotatable bonds is 6. The summed E-state index contributed by atoms with van der Waals surface area (Å²) >= 11 is 0. The summed E-state index contributed by atoms with van der Waals surface area (Å²) in [6.45, 7) is 2.10. The Morgan fingerprint density at radius 2 is 1.77 bits per heavy atom. The molecule has 26 heavy (non-hydrogen) atoms. The molecule has 2 aromatic rings. The van der Waals surface area contributed by atoms with Gasteiger partial charge in [0, 0.05) is 30.9 Å². The van der Waals surface area contributed by atoms with Crippen LogP contribution in [0.2, 0.25) is 0 Å². The highest BCUT2D eigenvalue weighted by molar-refractivity contribution is 5.94. The highest BCUT2D eigenvalue weighted by Crippen LogP contribution is 2.13. The SMILES string of the molecule is O=C(CNc1cccc(F)c1)NCc1ccc(C(=O)N2CCCC2)cc1. The van der Waals surface area contributed by atoms with Gasteiger partial charge in [0.15, 0.2) is 0 Å². The van der Waals surface area contributed by atoms with Crippen LogP contribution < -0.4 is 10.6 Å². The van der Waals surface area contributed by atoms with Crippen LogP contribution in [-0.2, 0) is 11.3 Å². The van der Waals surface area contributed by atoms with Crippen molar-refractivity contribution in [2.45, 2.75) is 19.4 Å². The number of carbonyl (C=O) groups is 2. The van der Waals surface area contributed by atoms with Crippen molar-refractivity contribution in [2.24, 2.45) is 0 Å². The zero-order valence-electron chi connectivity index (χ0n) is 14.5. The molecule has 2 aromatic carbocycles. The van der Waals surface area contributed by atoms with E-state index in [1.807, 2.05) is 17.0 Å². The van der Waals surface area contributed by atoms with Crippen molar-refractivity contribution in [3.05, 3.63) is 65.5 Å². The maximum Gasteiger partial charge on any atom is 0.253 e. The summed E-state index contributed by atoms with van der Waals surface area (Å²) in [4.78, 5) is 26.1. The number of carbonyl (C=O) groups excluding carboxylic acids is 2. The van der Waals surface area contributed by atoms with Crippen LogP contribution >= 0.6 is 0 Å². The van der Waals surface area contributed by atoms with E-state index in [0.29, 0.717) is 17.8 Å². The molecule has 0 saturated carbocycles. The van der Waals surface area contributed by atoms with Crippen LogP contribution in [0.5, 0.6) is 0 Å². The molecular formula is C20H22FN3O2. The number of likely N-dealkylation sites (tertiary alicyclic amines) is 1. The van der Waals surface area contributed by atoms with Crippen molar-refractivity contribution in [1.29, 1.82) is 0 Å². The second kappa shape index (κ2) is 8.47. The molecular weight excluding hydrogens is 333 g/mol. The van der Waals surface area contributed by atoms with Gasteiger partial charge in [-0.25, -0.2) is 4.39 Å². The van der Waals surface area contributed by atoms with Crippen molar-refractivity contribution in [3.63, 3.8) is 0 Å². The van der Waals surface area contributed by atoms with Gasteiger partial charge in [0.05, 0.1) is 6.54 Å². The molecule has 0 bridgehead atoms. The third-order valence-electron chi connectivity index (χ3n) is 4.36. The molecule has 2 N–H and O–H groups in total. The summed E-state index contributed by atoms with van der Waals surface area (Å²) in [7, 11) is 0. The van der Waals surface area contributed by atoms with E-state index < -0.39 is 0 Å². The smallest absolute Gasteiger partial charge is 0.253 e. The summed E-state index contributed by atoms with van der Waals surface area (Å²) in [5.41, 5.74) is 2.15. The first kappa shape index (κ1) is 17.9. The average Bonchev–Trinajstić information content (AvgIpc) is 3.19. The third-order valence-corrected chi connectivity index (χ3v) is 4.36. The normalized spacial score (nSPS) is 13.5. The molecule has 1 heterocycles. The summed E-state index contributed by atoms with van der Waals surface area (Å²) in [6, 6.07) is 13.3. The Balaban J connectivity index is 1.45. The van der Waals surface area contributed by atoms with Gasteiger partial charge in [0.1, 0.15) is 5.82 Å². The van der Waals surface area contributed by atoms with Crippen LogP contribution in [0.1, 0.15) is 28.8 Å². The van der Waals surface area contributed by atoms with Crippen molar-refractivity contribution in [3.8, 4) is 0 Å². The molecule has 0 aliphatic carbocycles. The van der Waals surface area contributed by atoms with E-state index >= 15 is 0 Å². The maximum absolute atomic E-state index is 13.1. The minimum absolute atomic E-state index is 0.0645. The van der Waals surface area contributed by atoms with E-state index in [-0.39, 0.29) is 24.2 Å². The predicted octanol–water partition coefficient (Wildman–Crippen LogP) is 2.79. The molecule has 6 heteroatoms. The molecule has 0 aromatic heterocycles. The Bertz CT molecular complexity index is 771. The molecule has 0 unspecified atom stereocenters. The van der Waals surface area contributed by atoms with Crippen LogP contribution in [0.3, 0.4) is 0 Å². The summed E-state index contributed by atoms with van der Waals surface area (Å²) < 4.78 is 13.1. The van der Waals surface area contributed by atoms with Gasteiger partial charge in [-0.05, 0) is 48.7 Å². The van der Waals surface area contributed by atoms with Gasteiger partial charge in [-0.2, -0.15) is 0 Å². The number of hydrogen-bond acceptors (Lipinski definition) is 3. The van der Waals surface area contributed by atoms with E-state index in [4.69, 9.17) is 0 Å². The van der Waals surface area contributed by atoms with E-state index in [1.54, 1.807) is 24.3 Å². The molecule has 0 atom stereocenters. The maximum atomic E-state index is 13.1. The zero-order valence-corrected chi connectivity index (χ0v) is 14.5. The molecule has 5 nitrogen and oxygen atoms in total. The molecule has 1 aliphatic heterocycles. The minimum atomic E-state index is -0.348. The fourth-order valence-corrected chi connectivity index (χ4v) is 2.91. The molecule has 1 saturated heterocycles. The average molecular weight is 355 g/mol. The Hall–Kier alpha value is -2.89. The van der Waals surface area contributed by atoms with Gasteiger partial charge in [0.2, 0.25) is 5.91 Å². The zero-order chi connectivity index (χ0) is 18.4. The summed E-state index contributed by atoms with van der Waals surface area (Å²) in [6.07, 6.45) is 2.14. The number of amides is 2. The van der Waals surface area contributed by atoms with Gasteiger partial charge in [0.25, 0.3) is 5.91 Å². The third kappa shape index (κ3) is 4.81. The quantitative estimate of drug-likeness (QED) is 0.838. The lowest BCUT2D eigenvalue weighted by molar-refractivity contribution is -0.119. The Kier molecular flexibility index (Phi) is 5.84. The van der Waals surface area contributed by atoms with Gasteiger partial charge >= 0.3 is 0 Å². The van der Waals surface area contributed by atoms with Crippen LogP contribution in [0.25, 0.3) is 0 Å². The highest BCUT2D eigenvalue weighted by atomic mass is 19.1. The predicted molar refractivity (Wildman–Crippen MR) is 98.3 cm³/mol. The standard InChI is InChI=1S/C20H22FN3O2/c21-17-4-3-5-18(12-17)22-14-19(25)23-13-15-6-8-16(9-7-15)20(26)24-10-1-2-11-24/h3-9,12,22H,1-2,10-11,13-14H2,(H,23,25). The van der Waals surface area contributed by atoms with Crippen molar-refractivity contribution < 1.29 is 14.0 Å². The van der Waals surface area contributed by atoms with Crippen molar-refractivity contribution in [1.82, 2.24) is 10.2 Å². The molecule has 2 amide bonds. The number of anilines is 1. The highest BCUT2D eigenvalue weighted by Gasteiger charge is 2.19. The summed E-state index contributed by atoms with van der Waals surface area (Å²) in [5.74, 6) is -0.470. The number of hydrogen-bond donors (Lipinski definition) is 2. The van der Waals surface area contributed by atoms with Gasteiger partial charge < -0.3 is 15.5 Å². The topological polar surface area (TPSA) is 61.4 Å². The van der Waals surface area contributed by atoms with E-state index in [0.717, 1.165) is 31.5 Å². The first-order chi connectivity index (χ1) is 12.6. The largest absolute Gasteiger partial charge is 0.376 e. The molecule has 1 aliphatic rings. The van der Waals surface area contributed by atoms with Gasteiger partial charge in [-0.1, -0.05) is 18.2 Å². The van der Waals surface area contributed by atoms with Crippen LogP contribution in [0.15, 0.2) is 48.5 Å². The number of nitrogens with one attached hydrogen (secondary N) is 2. The Labute approximate surface area is 152 Å². The molecule has 136 valence electrons. The number of halogens is 1. The number of benzene rings is 2. The van der Waals surface area contributed by atoms with Crippen molar-refractivity contribution in [2.75, 3.05) is 25.0 Å².